The molecule has 0 saturated carbocycles. The van der Waals surface area contributed by atoms with E-state index in [0.717, 1.165) is 22.3 Å². The summed E-state index contributed by atoms with van der Waals surface area (Å²) in [4.78, 5) is 15.1. The van der Waals surface area contributed by atoms with Gasteiger partial charge in [-0.25, -0.2) is 0 Å². The summed E-state index contributed by atoms with van der Waals surface area (Å²) in [5.74, 6) is 0.0606. The molecule has 1 nitrogen and oxygen atoms in total. The van der Waals surface area contributed by atoms with Gasteiger partial charge in [0.15, 0.2) is 5.78 Å². The first-order chi connectivity index (χ1) is 11.8. The third-order valence-electron chi connectivity index (χ3n) is 3.91. The number of hydrogen-bond donors (Lipinski definition) is 0. The molecule has 3 heteroatoms. The van der Waals surface area contributed by atoms with Gasteiger partial charge in [-0.2, -0.15) is 0 Å². The van der Waals surface area contributed by atoms with Crippen molar-refractivity contribution in [3.8, 4) is 20.9 Å². The van der Waals surface area contributed by atoms with Crippen molar-refractivity contribution in [2.75, 3.05) is 0 Å². The summed E-state index contributed by atoms with van der Waals surface area (Å²) in [5, 5.41) is 4.12. The Morgan fingerprint density at radius 1 is 0.583 bits per heavy atom. The van der Waals surface area contributed by atoms with Gasteiger partial charge in [0.2, 0.25) is 0 Å². The van der Waals surface area contributed by atoms with Crippen molar-refractivity contribution >= 4 is 28.5 Å². The van der Waals surface area contributed by atoms with Crippen LogP contribution in [0.4, 0.5) is 0 Å². The molecule has 0 aliphatic rings. The average molecular weight is 346 g/mol. The van der Waals surface area contributed by atoms with E-state index in [2.05, 4.69) is 22.9 Å². The van der Waals surface area contributed by atoms with Gasteiger partial charge in [0, 0.05) is 20.9 Å². The molecule has 0 spiro atoms. The van der Waals surface area contributed by atoms with Crippen LogP contribution in [0.25, 0.3) is 20.9 Å². The first-order valence-electron chi connectivity index (χ1n) is 7.64. The van der Waals surface area contributed by atoms with Crippen LogP contribution in [0.15, 0.2) is 83.6 Å². The van der Waals surface area contributed by atoms with Gasteiger partial charge in [-0.15, -0.1) is 22.7 Å². The minimum atomic E-state index is 0.0606. The predicted molar refractivity (Wildman–Crippen MR) is 103 cm³/mol. The zero-order valence-electron chi connectivity index (χ0n) is 12.8. The summed E-state index contributed by atoms with van der Waals surface area (Å²) in [6, 6.07) is 23.9. The lowest BCUT2D eigenvalue weighted by Gasteiger charge is -2.04. The average Bonchev–Trinajstić information content (AvgIpc) is 3.35. The summed E-state index contributed by atoms with van der Waals surface area (Å²) in [6.45, 7) is 0. The lowest BCUT2D eigenvalue weighted by molar-refractivity contribution is 0.103. The van der Waals surface area contributed by atoms with Crippen LogP contribution in [-0.4, -0.2) is 5.78 Å². The van der Waals surface area contributed by atoms with Crippen molar-refractivity contribution in [3.05, 3.63) is 94.7 Å². The highest BCUT2D eigenvalue weighted by molar-refractivity contribution is 7.13. The molecule has 0 N–H and O–H groups in total. The van der Waals surface area contributed by atoms with Crippen LogP contribution in [0.1, 0.15) is 15.9 Å². The fraction of sp³-hybridized carbons (Fsp3) is 0. The number of carbonyl (C=O) groups is 1. The van der Waals surface area contributed by atoms with Gasteiger partial charge in [-0.3, -0.25) is 4.79 Å². The van der Waals surface area contributed by atoms with Crippen molar-refractivity contribution in [2.45, 2.75) is 0 Å². The SMILES string of the molecule is O=C(c1ccc(-c2cccs2)cc1)c1ccc(-c2cccs2)cc1. The van der Waals surface area contributed by atoms with Crippen LogP contribution in [0.5, 0.6) is 0 Å². The molecule has 0 aliphatic carbocycles. The van der Waals surface area contributed by atoms with E-state index in [1.807, 2.05) is 60.7 Å². The Bertz CT molecular complexity index is 853. The van der Waals surface area contributed by atoms with Crippen molar-refractivity contribution in [2.24, 2.45) is 0 Å². The zero-order valence-corrected chi connectivity index (χ0v) is 14.4. The first-order valence-corrected chi connectivity index (χ1v) is 9.40. The highest BCUT2D eigenvalue weighted by atomic mass is 32.1. The lowest BCUT2D eigenvalue weighted by atomic mass is 10.0. The van der Waals surface area contributed by atoms with Gasteiger partial charge < -0.3 is 0 Å². The molecule has 2 aromatic carbocycles. The number of hydrogen-bond acceptors (Lipinski definition) is 3. The third-order valence-corrected chi connectivity index (χ3v) is 5.74. The molecule has 2 aromatic heterocycles. The maximum atomic E-state index is 12.6. The molecule has 0 amide bonds. The third kappa shape index (κ3) is 2.96. The molecule has 116 valence electrons. The van der Waals surface area contributed by atoms with E-state index >= 15 is 0 Å². The maximum absolute atomic E-state index is 12.6. The molecule has 0 fully saturated rings. The van der Waals surface area contributed by atoms with Gasteiger partial charge in [0.05, 0.1) is 0 Å². The number of carbonyl (C=O) groups excluding carboxylic acids is 1. The Hall–Kier alpha value is -2.49. The Morgan fingerprint density at radius 3 is 1.33 bits per heavy atom. The molecular formula is C21H14OS2. The molecule has 0 saturated heterocycles. The molecule has 24 heavy (non-hydrogen) atoms. The summed E-state index contributed by atoms with van der Waals surface area (Å²) >= 11 is 3.41. The molecule has 0 radical (unpaired) electrons. The fourth-order valence-corrected chi connectivity index (χ4v) is 4.09. The van der Waals surface area contributed by atoms with Crippen LogP contribution in [-0.2, 0) is 0 Å². The van der Waals surface area contributed by atoms with Crippen molar-refractivity contribution in [1.29, 1.82) is 0 Å². The molecule has 4 aromatic rings. The van der Waals surface area contributed by atoms with Gasteiger partial charge in [-0.1, -0.05) is 60.7 Å². The summed E-state index contributed by atoms with van der Waals surface area (Å²) in [5.41, 5.74) is 3.74. The maximum Gasteiger partial charge on any atom is 0.193 e. The van der Waals surface area contributed by atoms with Crippen molar-refractivity contribution in [1.82, 2.24) is 0 Å². The van der Waals surface area contributed by atoms with Crippen molar-refractivity contribution in [3.63, 3.8) is 0 Å². The summed E-state index contributed by atoms with van der Waals surface area (Å²) < 4.78 is 0. The van der Waals surface area contributed by atoms with Crippen LogP contribution in [0.2, 0.25) is 0 Å². The highest BCUT2D eigenvalue weighted by Crippen LogP contribution is 2.27. The normalized spacial score (nSPS) is 10.7. The van der Waals surface area contributed by atoms with Gasteiger partial charge in [0.25, 0.3) is 0 Å². The first kappa shape index (κ1) is 15.1. The molecule has 0 unspecified atom stereocenters. The zero-order chi connectivity index (χ0) is 16.4. The predicted octanol–water partition coefficient (Wildman–Crippen LogP) is 6.37. The largest absolute Gasteiger partial charge is 0.289 e. The number of benzene rings is 2. The molecule has 2 heterocycles. The van der Waals surface area contributed by atoms with Crippen molar-refractivity contribution < 1.29 is 4.79 Å². The van der Waals surface area contributed by atoms with E-state index in [-0.39, 0.29) is 5.78 Å². The summed E-state index contributed by atoms with van der Waals surface area (Å²) in [6.07, 6.45) is 0. The highest BCUT2D eigenvalue weighted by Gasteiger charge is 2.10. The van der Waals surface area contributed by atoms with Crippen LogP contribution in [0.3, 0.4) is 0 Å². The standard InChI is InChI=1S/C21H14OS2/c22-21(17-9-5-15(6-10-17)19-3-1-13-23-19)18-11-7-16(8-12-18)20-4-2-14-24-20/h1-14H. The molecular weight excluding hydrogens is 332 g/mol. The molecule has 0 aliphatic heterocycles. The number of rotatable bonds is 4. The summed E-state index contributed by atoms with van der Waals surface area (Å²) in [7, 11) is 0. The van der Waals surface area contributed by atoms with E-state index in [1.165, 1.54) is 9.75 Å². The monoisotopic (exact) mass is 346 g/mol. The van der Waals surface area contributed by atoms with Crippen LogP contribution in [0, 0.1) is 0 Å². The second-order valence-corrected chi connectivity index (χ2v) is 7.33. The van der Waals surface area contributed by atoms with Crippen LogP contribution >= 0.6 is 22.7 Å². The van der Waals surface area contributed by atoms with Gasteiger partial charge in [0.1, 0.15) is 0 Å². The van der Waals surface area contributed by atoms with E-state index in [0.29, 0.717) is 0 Å². The second-order valence-electron chi connectivity index (χ2n) is 5.44. The second kappa shape index (κ2) is 6.56. The molecule has 4 rings (SSSR count). The molecule has 0 atom stereocenters. The number of ketones is 1. The lowest BCUT2D eigenvalue weighted by Crippen LogP contribution is -2.00. The van der Waals surface area contributed by atoms with E-state index in [4.69, 9.17) is 0 Å². The minimum absolute atomic E-state index is 0.0606. The Balaban J connectivity index is 1.57. The fourth-order valence-electron chi connectivity index (χ4n) is 2.62. The van der Waals surface area contributed by atoms with Gasteiger partial charge >= 0.3 is 0 Å². The van der Waals surface area contributed by atoms with E-state index in [1.54, 1.807) is 22.7 Å². The topological polar surface area (TPSA) is 17.1 Å². The minimum Gasteiger partial charge on any atom is -0.289 e. The number of thiophene rings is 2. The Morgan fingerprint density at radius 2 is 1.00 bits per heavy atom. The van der Waals surface area contributed by atoms with E-state index < -0.39 is 0 Å². The van der Waals surface area contributed by atoms with E-state index in [9.17, 15) is 4.79 Å². The van der Waals surface area contributed by atoms with Crippen LogP contribution < -0.4 is 0 Å². The quantitative estimate of drug-likeness (QED) is 0.392. The molecule has 0 bridgehead atoms. The Kier molecular flexibility index (Phi) is 4.11. The Labute approximate surface area is 148 Å². The van der Waals surface area contributed by atoms with Gasteiger partial charge in [-0.05, 0) is 34.0 Å². The smallest absolute Gasteiger partial charge is 0.193 e.